The van der Waals surface area contributed by atoms with Crippen LogP contribution in [0, 0.1) is 0 Å². The first kappa shape index (κ1) is 40.7. The Balaban J connectivity index is 1.18. The number of hydrogen-bond donors (Lipinski definition) is 0. The Labute approximate surface area is 397 Å². The SMILES string of the molecule is CC(C)(C)c1cc2c3c(c1-c1nc(-c4ccccc4)nc(-c4ccccc4)n1)Sc1ccc(-c4ccccc4)cc1B3c1cc(-c3ccccc3)ccc1N2c1ccc(-c2ccccc2)cc1. The molecule has 67 heavy (non-hydrogen) atoms. The van der Waals surface area contributed by atoms with Crippen molar-refractivity contribution in [2.45, 2.75) is 36.0 Å². The van der Waals surface area contributed by atoms with Gasteiger partial charge in [0, 0.05) is 43.5 Å². The van der Waals surface area contributed by atoms with Crippen molar-refractivity contribution in [1.82, 2.24) is 15.0 Å². The average molecular weight is 877 g/mol. The molecule has 10 aromatic rings. The van der Waals surface area contributed by atoms with Crippen molar-refractivity contribution in [3.63, 3.8) is 0 Å². The number of hydrogen-bond acceptors (Lipinski definition) is 5. The van der Waals surface area contributed by atoms with Crippen molar-refractivity contribution in [3.05, 3.63) is 224 Å². The average Bonchev–Trinajstić information content (AvgIpc) is 3.39. The highest BCUT2D eigenvalue weighted by molar-refractivity contribution is 8.00. The van der Waals surface area contributed by atoms with Crippen molar-refractivity contribution in [2.75, 3.05) is 4.90 Å². The van der Waals surface area contributed by atoms with Crippen LogP contribution in [0.5, 0.6) is 0 Å². The van der Waals surface area contributed by atoms with Crippen molar-refractivity contribution >= 4 is 51.9 Å². The summed E-state index contributed by atoms with van der Waals surface area (Å²) in [6, 6.07) is 78.5. The predicted octanol–water partition coefficient (Wildman–Crippen LogP) is 13.9. The normalized spacial score (nSPS) is 12.6. The van der Waals surface area contributed by atoms with Crippen molar-refractivity contribution < 1.29 is 0 Å². The molecule has 9 aromatic carbocycles. The lowest BCUT2D eigenvalue weighted by Gasteiger charge is -2.42. The van der Waals surface area contributed by atoms with E-state index in [4.69, 9.17) is 15.0 Å². The third-order valence-electron chi connectivity index (χ3n) is 13.1. The molecule has 0 spiro atoms. The van der Waals surface area contributed by atoms with Crippen LogP contribution >= 0.6 is 11.8 Å². The first-order chi connectivity index (χ1) is 32.9. The zero-order valence-corrected chi connectivity index (χ0v) is 38.4. The van der Waals surface area contributed by atoms with E-state index in [0.717, 1.165) is 22.4 Å². The summed E-state index contributed by atoms with van der Waals surface area (Å²) in [5.41, 5.74) is 18.2. The highest BCUT2D eigenvalue weighted by Gasteiger charge is 2.44. The number of aromatic nitrogens is 3. The summed E-state index contributed by atoms with van der Waals surface area (Å²) >= 11 is 1.85. The molecule has 0 atom stereocenters. The van der Waals surface area contributed by atoms with Gasteiger partial charge in [-0.15, -0.1) is 0 Å². The molecular weight excluding hydrogens is 832 g/mol. The van der Waals surface area contributed by atoms with E-state index < -0.39 is 0 Å². The monoisotopic (exact) mass is 876 g/mol. The van der Waals surface area contributed by atoms with Gasteiger partial charge in [-0.3, -0.25) is 0 Å². The molecule has 12 rings (SSSR count). The maximum absolute atomic E-state index is 5.45. The Bertz CT molecular complexity index is 3390. The summed E-state index contributed by atoms with van der Waals surface area (Å²) in [6.45, 7) is 6.85. The minimum absolute atomic E-state index is 0.0970. The molecule has 2 aliphatic rings. The Hall–Kier alpha value is -7.80. The number of benzene rings is 9. The van der Waals surface area contributed by atoms with E-state index in [0.29, 0.717) is 17.5 Å². The van der Waals surface area contributed by atoms with Crippen molar-refractivity contribution in [2.24, 2.45) is 0 Å². The van der Waals surface area contributed by atoms with Crippen LogP contribution in [0.25, 0.3) is 67.5 Å². The molecule has 1 aromatic heterocycles. The Morgan fingerprint density at radius 1 is 0.403 bits per heavy atom. The van der Waals surface area contributed by atoms with Gasteiger partial charge in [0.05, 0.1) is 0 Å². The smallest absolute Gasteiger partial charge is 0.249 e. The van der Waals surface area contributed by atoms with Crippen LogP contribution in [0.4, 0.5) is 17.1 Å². The van der Waals surface area contributed by atoms with E-state index >= 15 is 0 Å². The molecule has 4 nitrogen and oxygen atoms in total. The summed E-state index contributed by atoms with van der Waals surface area (Å²) in [6.07, 6.45) is 0. The van der Waals surface area contributed by atoms with Gasteiger partial charge >= 0.3 is 0 Å². The fourth-order valence-electron chi connectivity index (χ4n) is 9.87. The molecule has 318 valence electrons. The molecular formula is C61H45BN4S. The lowest BCUT2D eigenvalue weighted by molar-refractivity contribution is 0.590. The molecule has 2 aliphatic heterocycles. The lowest BCUT2D eigenvalue weighted by atomic mass is 9.34. The third kappa shape index (κ3) is 7.35. The van der Waals surface area contributed by atoms with E-state index in [9.17, 15) is 0 Å². The second kappa shape index (κ2) is 16.6. The summed E-state index contributed by atoms with van der Waals surface area (Å²) < 4.78 is 0. The van der Waals surface area contributed by atoms with Gasteiger partial charge in [-0.1, -0.05) is 226 Å². The van der Waals surface area contributed by atoms with Gasteiger partial charge < -0.3 is 4.90 Å². The summed E-state index contributed by atoms with van der Waals surface area (Å²) in [7, 11) is 0. The minimum Gasteiger partial charge on any atom is -0.311 e. The quantitative estimate of drug-likeness (QED) is 0.149. The molecule has 0 bridgehead atoms. The van der Waals surface area contributed by atoms with Crippen LogP contribution in [0.15, 0.2) is 228 Å². The van der Waals surface area contributed by atoms with Crippen LogP contribution in [0.3, 0.4) is 0 Å². The van der Waals surface area contributed by atoms with Crippen LogP contribution in [0.1, 0.15) is 26.3 Å². The molecule has 3 heterocycles. The molecule has 0 aliphatic carbocycles. The lowest BCUT2D eigenvalue weighted by Crippen LogP contribution is -2.60. The van der Waals surface area contributed by atoms with Gasteiger partial charge in [-0.25, -0.2) is 15.0 Å². The zero-order valence-electron chi connectivity index (χ0n) is 37.6. The summed E-state index contributed by atoms with van der Waals surface area (Å²) in [5.74, 6) is 1.98. The van der Waals surface area contributed by atoms with Gasteiger partial charge in [0.1, 0.15) is 0 Å². The Morgan fingerprint density at radius 3 is 1.36 bits per heavy atom. The molecule has 0 unspecified atom stereocenters. The predicted molar refractivity (Wildman–Crippen MR) is 281 cm³/mol. The molecule has 0 radical (unpaired) electrons. The largest absolute Gasteiger partial charge is 0.311 e. The number of anilines is 3. The van der Waals surface area contributed by atoms with E-state index in [1.165, 1.54) is 76.5 Å². The fraction of sp³-hybridized carbons (Fsp3) is 0.0656. The topological polar surface area (TPSA) is 41.9 Å². The third-order valence-corrected chi connectivity index (χ3v) is 14.3. The van der Waals surface area contributed by atoms with Crippen LogP contribution in [0.2, 0.25) is 0 Å². The van der Waals surface area contributed by atoms with Gasteiger partial charge in [0.25, 0.3) is 0 Å². The fourth-order valence-corrected chi connectivity index (χ4v) is 11.2. The van der Waals surface area contributed by atoms with Crippen molar-refractivity contribution in [3.8, 4) is 67.5 Å². The standard InChI is InChI=1S/C61H45BN4S/c1-61(2,3)49-39-53-56-57(55(49)60-64-58(44-25-15-7-16-26-44)63-59(65-60)45-27-17-8-18-28-45)67-54-36-32-47(42-23-13-6-14-24-42)38-51(54)62(56)50-37-46(41-21-11-5-12-22-41)31-35-52(50)66(53)48-33-29-43(30-34-48)40-19-9-4-10-20-40/h4-39H,1-3H3. The van der Waals surface area contributed by atoms with Gasteiger partial charge in [-0.05, 0) is 85.6 Å². The second-order valence-electron chi connectivity index (χ2n) is 18.4. The van der Waals surface area contributed by atoms with E-state index in [1.807, 2.05) is 48.2 Å². The van der Waals surface area contributed by atoms with Gasteiger partial charge in [0.2, 0.25) is 6.71 Å². The number of nitrogens with zero attached hydrogens (tertiary/aromatic N) is 4. The first-order valence-corrected chi connectivity index (χ1v) is 23.8. The van der Waals surface area contributed by atoms with Crippen molar-refractivity contribution in [1.29, 1.82) is 0 Å². The zero-order chi connectivity index (χ0) is 45.1. The van der Waals surface area contributed by atoms with Gasteiger partial charge in [0.15, 0.2) is 17.5 Å². The Morgan fingerprint density at radius 2 is 0.836 bits per heavy atom. The van der Waals surface area contributed by atoms with E-state index in [2.05, 4.69) is 208 Å². The minimum atomic E-state index is -0.304. The highest BCUT2D eigenvalue weighted by Crippen LogP contribution is 2.49. The van der Waals surface area contributed by atoms with E-state index in [-0.39, 0.29) is 12.1 Å². The molecule has 0 N–H and O–H groups in total. The van der Waals surface area contributed by atoms with Crippen LogP contribution in [-0.2, 0) is 5.41 Å². The maximum Gasteiger partial charge on any atom is 0.249 e. The number of rotatable bonds is 7. The highest BCUT2D eigenvalue weighted by atomic mass is 32.2. The molecule has 0 saturated heterocycles. The first-order valence-electron chi connectivity index (χ1n) is 23.0. The van der Waals surface area contributed by atoms with E-state index in [1.54, 1.807) is 0 Å². The molecule has 0 fully saturated rings. The Kier molecular flexibility index (Phi) is 10.1. The summed E-state index contributed by atoms with van der Waals surface area (Å²) in [4.78, 5) is 21.0. The van der Waals surface area contributed by atoms with Gasteiger partial charge in [-0.2, -0.15) is 0 Å². The maximum atomic E-state index is 5.45. The molecule has 6 heteroatoms. The van der Waals surface area contributed by atoms with Crippen LogP contribution < -0.4 is 21.3 Å². The molecule has 0 amide bonds. The summed E-state index contributed by atoms with van der Waals surface area (Å²) in [5, 5.41) is 0. The second-order valence-corrected chi connectivity index (χ2v) is 19.4. The molecule has 0 saturated carbocycles. The number of fused-ring (bicyclic) bond motifs is 4. The van der Waals surface area contributed by atoms with Crippen LogP contribution in [-0.4, -0.2) is 21.7 Å².